The van der Waals surface area contributed by atoms with Crippen LogP contribution in [0.4, 0.5) is 4.79 Å². The third-order valence-electron chi connectivity index (χ3n) is 3.39. The molecule has 0 bridgehead atoms. The largest absolute Gasteiger partial charge is 0.477 e. The van der Waals surface area contributed by atoms with Gasteiger partial charge in [-0.25, -0.2) is 24.3 Å². The summed E-state index contributed by atoms with van der Waals surface area (Å²) in [6.07, 6.45) is 1.78. The predicted octanol–water partition coefficient (Wildman–Crippen LogP) is 2.38. The molecule has 0 unspecified atom stereocenters. The number of hydrogen-bond donors (Lipinski definition) is 1. The molecule has 0 aliphatic rings. The molecule has 0 atom stereocenters. The standard InChI is InChI=1S/C17H20BrN3O6/c1-17(2,3)27-16(25)20(5-6-26-4)21-9-12(15(23)24)13(22)11-7-10(18)8-19-14(11)21/h7-9H,5-6H2,1-4H3,(H,23,24). The molecule has 10 heteroatoms. The second-order valence-electron chi connectivity index (χ2n) is 6.64. The van der Waals surface area contributed by atoms with Crippen molar-refractivity contribution in [3.63, 3.8) is 0 Å². The fourth-order valence-corrected chi connectivity index (χ4v) is 2.62. The minimum absolute atomic E-state index is 0.0512. The number of aromatic nitrogens is 2. The smallest absolute Gasteiger partial charge is 0.429 e. The fraction of sp³-hybridized carbons (Fsp3) is 0.412. The Morgan fingerprint density at radius 3 is 2.59 bits per heavy atom. The van der Waals surface area contributed by atoms with Crippen LogP contribution in [-0.2, 0) is 9.47 Å². The highest BCUT2D eigenvalue weighted by Gasteiger charge is 2.26. The number of carbonyl (C=O) groups excluding carboxylic acids is 1. The van der Waals surface area contributed by atoms with Crippen LogP contribution < -0.4 is 10.4 Å². The molecule has 0 fully saturated rings. The number of nitrogens with zero attached hydrogens (tertiary/aromatic N) is 3. The van der Waals surface area contributed by atoms with Crippen LogP contribution in [0.2, 0.25) is 0 Å². The van der Waals surface area contributed by atoms with Crippen molar-refractivity contribution in [2.24, 2.45) is 0 Å². The Labute approximate surface area is 163 Å². The summed E-state index contributed by atoms with van der Waals surface area (Å²) in [6.45, 7) is 5.34. The lowest BCUT2D eigenvalue weighted by molar-refractivity contribution is 0.0522. The SMILES string of the molecule is COCCN(C(=O)OC(C)(C)C)n1cc(C(=O)O)c(=O)c2cc(Br)cnc21. The molecular weight excluding hydrogens is 422 g/mol. The molecule has 27 heavy (non-hydrogen) atoms. The van der Waals surface area contributed by atoms with Crippen LogP contribution in [0.15, 0.2) is 27.7 Å². The van der Waals surface area contributed by atoms with Crippen LogP contribution in [0.25, 0.3) is 11.0 Å². The molecule has 0 spiro atoms. The molecule has 0 aliphatic heterocycles. The Morgan fingerprint density at radius 2 is 2.04 bits per heavy atom. The monoisotopic (exact) mass is 441 g/mol. The van der Waals surface area contributed by atoms with Gasteiger partial charge in [-0.15, -0.1) is 0 Å². The molecule has 0 aromatic carbocycles. The van der Waals surface area contributed by atoms with Gasteiger partial charge in [-0.2, -0.15) is 0 Å². The first-order valence-corrected chi connectivity index (χ1v) is 8.78. The van der Waals surface area contributed by atoms with Gasteiger partial charge in [0.2, 0.25) is 5.43 Å². The number of carboxylic acids is 1. The number of rotatable bonds is 5. The van der Waals surface area contributed by atoms with E-state index in [1.165, 1.54) is 24.0 Å². The topological polar surface area (TPSA) is 111 Å². The highest BCUT2D eigenvalue weighted by molar-refractivity contribution is 9.10. The van der Waals surface area contributed by atoms with E-state index in [0.717, 1.165) is 11.2 Å². The second-order valence-corrected chi connectivity index (χ2v) is 7.56. The van der Waals surface area contributed by atoms with Gasteiger partial charge in [0, 0.05) is 24.0 Å². The zero-order valence-corrected chi connectivity index (χ0v) is 16.9. The Morgan fingerprint density at radius 1 is 1.37 bits per heavy atom. The van der Waals surface area contributed by atoms with Crippen LogP contribution in [0, 0.1) is 0 Å². The Balaban J connectivity index is 2.73. The normalized spacial score (nSPS) is 11.4. The fourth-order valence-electron chi connectivity index (χ4n) is 2.28. The van der Waals surface area contributed by atoms with Crippen molar-refractivity contribution < 1.29 is 24.2 Å². The first-order chi connectivity index (χ1) is 12.5. The van der Waals surface area contributed by atoms with Crippen molar-refractivity contribution >= 4 is 39.0 Å². The van der Waals surface area contributed by atoms with Gasteiger partial charge in [0.25, 0.3) is 0 Å². The molecule has 0 saturated heterocycles. The molecule has 2 heterocycles. The van der Waals surface area contributed by atoms with Crippen molar-refractivity contribution in [1.29, 1.82) is 0 Å². The molecule has 2 aromatic rings. The van der Waals surface area contributed by atoms with Gasteiger partial charge < -0.3 is 14.6 Å². The van der Waals surface area contributed by atoms with Gasteiger partial charge in [0.05, 0.1) is 18.5 Å². The highest BCUT2D eigenvalue weighted by atomic mass is 79.9. The number of amides is 1. The lowest BCUT2D eigenvalue weighted by atomic mass is 10.2. The first-order valence-electron chi connectivity index (χ1n) is 7.99. The number of carbonyl (C=O) groups is 2. The molecule has 0 radical (unpaired) electrons. The molecule has 1 N–H and O–H groups in total. The van der Waals surface area contributed by atoms with E-state index in [4.69, 9.17) is 9.47 Å². The second kappa shape index (κ2) is 8.05. The summed E-state index contributed by atoms with van der Waals surface area (Å²) in [6, 6.07) is 1.46. The maximum atomic E-state index is 12.7. The van der Waals surface area contributed by atoms with Crippen molar-refractivity contribution in [3.05, 3.63) is 38.7 Å². The van der Waals surface area contributed by atoms with Crippen molar-refractivity contribution in [2.45, 2.75) is 26.4 Å². The average Bonchev–Trinajstić information content (AvgIpc) is 2.55. The molecule has 2 rings (SSSR count). The van der Waals surface area contributed by atoms with Gasteiger partial charge in [-0.1, -0.05) is 0 Å². The minimum Gasteiger partial charge on any atom is -0.477 e. The number of fused-ring (bicyclic) bond motifs is 1. The lowest BCUT2D eigenvalue weighted by Crippen LogP contribution is -2.46. The van der Waals surface area contributed by atoms with Gasteiger partial charge in [0.15, 0.2) is 5.65 Å². The average molecular weight is 442 g/mol. The number of ether oxygens (including phenoxy) is 2. The summed E-state index contributed by atoms with van der Waals surface area (Å²) in [4.78, 5) is 40.9. The number of carboxylic acid groups (broad SMARTS) is 1. The van der Waals surface area contributed by atoms with Crippen molar-refractivity contribution in [2.75, 3.05) is 25.3 Å². The number of hydrogen-bond acceptors (Lipinski definition) is 6. The number of methoxy groups -OCH3 is 1. The predicted molar refractivity (Wildman–Crippen MR) is 102 cm³/mol. The van der Waals surface area contributed by atoms with Gasteiger partial charge in [0.1, 0.15) is 11.2 Å². The van der Waals surface area contributed by atoms with Crippen LogP contribution in [-0.4, -0.2) is 52.7 Å². The minimum atomic E-state index is -1.41. The van der Waals surface area contributed by atoms with E-state index in [1.54, 1.807) is 20.8 Å². The summed E-state index contributed by atoms with van der Waals surface area (Å²) in [7, 11) is 1.47. The van der Waals surface area contributed by atoms with Crippen LogP contribution >= 0.6 is 15.9 Å². The van der Waals surface area contributed by atoms with Crippen LogP contribution in [0.3, 0.4) is 0 Å². The zero-order valence-electron chi connectivity index (χ0n) is 15.4. The molecular formula is C17H20BrN3O6. The van der Waals surface area contributed by atoms with E-state index in [1.807, 2.05) is 0 Å². The summed E-state index contributed by atoms with van der Waals surface area (Å²) in [5.74, 6) is -1.41. The van der Waals surface area contributed by atoms with E-state index in [2.05, 4.69) is 20.9 Å². The molecule has 1 amide bonds. The molecule has 0 saturated carbocycles. The number of pyridine rings is 2. The lowest BCUT2D eigenvalue weighted by Gasteiger charge is -2.29. The van der Waals surface area contributed by atoms with Crippen molar-refractivity contribution in [3.8, 4) is 0 Å². The summed E-state index contributed by atoms with van der Waals surface area (Å²) >= 11 is 3.22. The molecule has 146 valence electrons. The van der Waals surface area contributed by atoms with Gasteiger partial charge >= 0.3 is 12.1 Å². The summed E-state index contributed by atoms with van der Waals surface area (Å²) in [5, 5.41) is 10.6. The maximum absolute atomic E-state index is 12.7. The maximum Gasteiger partial charge on any atom is 0.429 e. The van der Waals surface area contributed by atoms with E-state index < -0.39 is 28.7 Å². The van der Waals surface area contributed by atoms with Crippen LogP contribution in [0.1, 0.15) is 31.1 Å². The highest BCUT2D eigenvalue weighted by Crippen LogP contribution is 2.17. The third-order valence-corrected chi connectivity index (χ3v) is 3.83. The summed E-state index contributed by atoms with van der Waals surface area (Å²) < 4.78 is 12.2. The number of halogens is 1. The quantitative estimate of drug-likeness (QED) is 0.757. The van der Waals surface area contributed by atoms with Crippen LogP contribution in [0.5, 0.6) is 0 Å². The third kappa shape index (κ3) is 4.83. The molecule has 9 nitrogen and oxygen atoms in total. The van der Waals surface area contributed by atoms with Gasteiger partial charge in [-0.05, 0) is 42.8 Å². The first kappa shape index (κ1) is 20.8. The number of aromatic carboxylic acids is 1. The zero-order chi connectivity index (χ0) is 20.4. The molecule has 2 aromatic heterocycles. The molecule has 0 aliphatic carbocycles. The Bertz CT molecular complexity index is 935. The van der Waals surface area contributed by atoms with Gasteiger partial charge in [-0.3, -0.25) is 4.79 Å². The van der Waals surface area contributed by atoms with E-state index >= 15 is 0 Å². The van der Waals surface area contributed by atoms with E-state index in [0.29, 0.717) is 4.47 Å². The van der Waals surface area contributed by atoms with E-state index in [-0.39, 0.29) is 24.2 Å². The Hall–Kier alpha value is -2.46. The van der Waals surface area contributed by atoms with E-state index in [9.17, 15) is 19.5 Å². The summed E-state index contributed by atoms with van der Waals surface area (Å²) in [5.41, 5.74) is -1.84. The Kier molecular flexibility index (Phi) is 6.22. The van der Waals surface area contributed by atoms with Crippen molar-refractivity contribution in [1.82, 2.24) is 9.66 Å².